The van der Waals surface area contributed by atoms with Crippen LogP contribution >= 0.6 is 0 Å². The van der Waals surface area contributed by atoms with Gasteiger partial charge in [-0.25, -0.2) is 4.39 Å². The minimum absolute atomic E-state index is 0.0158. The lowest BCUT2D eigenvalue weighted by Crippen LogP contribution is -2.45. The lowest BCUT2D eigenvalue weighted by Gasteiger charge is -2.29. The number of guanidine groups is 1. The van der Waals surface area contributed by atoms with Gasteiger partial charge >= 0.3 is 5.97 Å². The fourth-order valence-corrected chi connectivity index (χ4v) is 3.22. The molecule has 1 aliphatic carbocycles. The first kappa shape index (κ1) is 22.9. The normalized spacial score (nSPS) is 20.6. The third-order valence-electron chi connectivity index (χ3n) is 4.75. The lowest BCUT2D eigenvalue weighted by atomic mass is 9.86. The minimum Gasteiger partial charge on any atom is -0.491 e. The number of hydrogen-bond donors (Lipinski definition) is 3. The third kappa shape index (κ3) is 8.27. The number of aliphatic hydroxyl groups excluding tert-OH is 1. The molecule has 0 heterocycles. The van der Waals surface area contributed by atoms with Crippen LogP contribution in [0.25, 0.3) is 0 Å². The minimum atomic E-state index is -0.782. The number of carbonyl (C=O) groups excluding carboxylic acids is 1. The summed E-state index contributed by atoms with van der Waals surface area (Å²) >= 11 is 0. The Balaban J connectivity index is 1.77. The molecule has 7 nitrogen and oxygen atoms in total. The molecule has 2 rings (SSSR count). The molecule has 1 saturated carbocycles. The third-order valence-corrected chi connectivity index (χ3v) is 4.75. The molecule has 1 aromatic rings. The van der Waals surface area contributed by atoms with Gasteiger partial charge in [-0.05, 0) is 63.8 Å². The summed E-state index contributed by atoms with van der Waals surface area (Å²) in [5, 5.41) is 16.7. The highest BCUT2D eigenvalue weighted by Gasteiger charge is 2.27. The molecular weight excluding hydrogens is 377 g/mol. The Hall–Kier alpha value is -2.35. The zero-order chi connectivity index (χ0) is 21.1. The number of rotatable bonds is 9. The van der Waals surface area contributed by atoms with Crippen LogP contribution in [0.4, 0.5) is 4.39 Å². The number of nitrogens with one attached hydrogen (secondary N) is 2. The standard InChI is InChI=1S/C21H32FN3O4/c1-3-23-21(25-17-9-5-15(6-10-17)20(27)28-4-2)24-13-18(26)14-29-19-11-7-16(22)8-12-19/h7-8,11-12,15,17-18,26H,3-6,9-10,13-14H2,1-2H3,(H2,23,24,25). The predicted octanol–water partition coefficient (Wildman–Crippen LogP) is 2.24. The summed E-state index contributed by atoms with van der Waals surface area (Å²) in [6, 6.07) is 5.88. The van der Waals surface area contributed by atoms with Crippen LogP contribution in [-0.4, -0.2) is 55.5 Å². The number of aliphatic imine (C=N–C) groups is 1. The summed E-state index contributed by atoms with van der Waals surface area (Å²) in [6.45, 7) is 5.16. The Kier molecular flexibility index (Phi) is 9.70. The van der Waals surface area contributed by atoms with E-state index in [4.69, 9.17) is 9.47 Å². The molecule has 0 spiro atoms. The second kappa shape index (κ2) is 12.3. The van der Waals surface area contributed by atoms with Crippen molar-refractivity contribution < 1.29 is 23.8 Å². The van der Waals surface area contributed by atoms with Gasteiger partial charge in [0.1, 0.15) is 24.3 Å². The fraction of sp³-hybridized carbons (Fsp3) is 0.619. The maximum Gasteiger partial charge on any atom is 0.308 e. The summed E-state index contributed by atoms with van der Waals surface area (Å²) < 4.78 is 23.5. The molecular formula is C21H32FN3O4. The molecule has 0 saturated heterocycles. The van der Waals surface area contributed by atoms with Gasteiger partial charge in [0.05, 0.1) is 19.1 Å². The SMILES string of the molecule is CCNC(=NCC(O)COc1ccc(F)cc1)NC1CCC(C(=O)OCC)CC1. The number of carbonyl (C=O) groups is 1. The first-order valence-electron chi connectivity index (χ1n) is 10.3. The van der Waals surface area contributed by atoms with Crippen molar-refractivity contribution in [2.24, 2.45) is 10.9 Å². The maximum absolute atomic E-state index is 12.9. The van der Waals surface area contributed by atoms with Gasteiger partial charge in [-0.15, -0.1) is 0 Å². The van der Waals surface area contributed by atoms with Crippen molar-refractivity contribution in [1.29, 1.82) is 0 Å². The van der Waals surface area contributed by atoms with E-state index >= 15 is 0 Å². The van der Waals surface area contributed by atoms with Crippen LogP contribution in [0.2, 0.25) is 0 Å². The van der Waals surface area contributed by atoms with Gasteiger partial charge in [-0.3, -0.25) is 9.79 Å². The number of nitrogens with zero attached hydrogens (tertiary/aromatic N) is 1. The molecule has 0 amide bonds. The van der Waals surface area contributed by atoms with E-state index in [9.17, 15) is 14.3 Å². The molecule has 1 unspecified atom stereocenters. The second-order valence-electron chi connectivity index (χ2n) is 7.08. The molecule has 1 aliphatic rings. The monoisotopic (exact) mass is 409 g/mol. The first-order chi connectivity index (χ1) is 14.0. The largest absolute Gasteiger partial charge is 0.491 e. The average Bonchev–Trinajstić information content (AvgIpc) is 2.72. The number of halogens is 1. The molecule has 1 aromatic carbocycles. The van der Waals surface area contributed by atoms with Crippen LogP contribution in [-0.2, 0) is 9.53 Å². The van der Waals surface area contributed by atoms with Crippen LogP contribution in [0.5, 0.6) is 5.75 Å². The fourth-order valence-electron chi connectivity index (χ4n) is 3.22. The highest BCUT2D eigenvalue weighted by Crippen LogP contribution is 2.25. The van der Waals surface area contributed by atoms with Crippen molar-refractivity contribution in [3.63, 3.8) is 0 Å². The predicted molar refractivity (Wildman–Crippen MR) is 109 cm³/mol. The van der Waals surface area contributed by atoms with Crippen molar-refractivity contribution in [3.05, 3.63) is 30.1 Å². The van der Waals surface area contributed by atoms with E-state index in [0.717, 1.165) is 25.7 Å². The van der Waals surface area contributed by atoms with E-state index in [1.807, 2.05) is 13.8 Å². The van der Waals surface area contributed by atoms with Crippen molar-refractivity contribution in [2.45, 2.75) is 51.7 Å². The van der Waals surface area contributed by atoms with Gasteiger partial charge in [-0.2, -0.15) is 0 Å². The number of hydrogen-bond acceptors (Lipinski definition) is 5. The Morgan fingerprint density at radius 1 is 1.24 bits per heavy atom. The van der Waals surface area contributed by atoms with Gasteiger partial charge in [-0.1, -0.05) is 0 Å². The molecule has 162 valence electrons. The van der Waals surface area contributed by atoms with E-state index in [-0.39, 0.29) is 36.9 Å². The molecule has 29 heavy (non-hydrogen) atoms. The molecule has 0 radical (unpaired) electrons. The Bertz CT molecular complexity index is 646. The van der Waals surface area contributed by atoms with E-state index in [2.05, 4.69) is 15.6 Å². The van der Waals surface area contributed by atoms with E-state index in [1.165, 1.54) is 24.3 Å². The van der Waals surface area contributed by atoms with E-state index < -0.39 is 6.10 Å². The van der Waals surface area contributed by atoms with Crippen LogP contribution in [0.15, 0.2) is 29.3 Å². The van der Waals surface area contributed by atoms with Crippen LogP contribution in [0, 0.1) is 11.7 Å². The summed E-state index contributed by atoms with van der Waals surface area (Å²) in [4.78, 5) is 16.3. The highest BCUT2D eigenvalue weighted by atomic mass is 19.1. The lowest BCUT2D eigenvalue weighted by molar-refractivity contribution is -0.149. The van der Waals surface area contributed by atoms with Crippen LogP contribution < -0.4 is 15.4 Å². The highest BCUT2D eigenvalue weighted by molar-refractivity contribution is 5.80. The van der Waals surface area contributed by atoms with Crippen LogP contribution in [0.1, 0.15) is 39.5 Å². The Labute approximate surface area is 171 Å². The van der Waals surface area contributed by atoms with E-state index in [1.54, 1.807) is 0 Å². The average molecular weight is 410 g/mol. The Morgan fingerprint density at radius 2 is 1.93 bits per heavy atom. The van der Waals surface area contributed by atoms with Gasteiger partial charge in [0.25, 0.3) is 0 Å². The zero-order valence-electron chi connectivity index (χ0n) is 17.2. The van der Waals surface area contributed by atoms with E-state index in [0.29, 0.717) is 24.9 Å². The summed E-state index contributed by atoms with van der Waals surface area (Å²) in [5.41, 5.74) is 0. The number of benzene rings is 1. The van der Waals surface area contributed by atoms with Gasteiger partial charge in [0.15, 0.2) is 5.96 Å². The van der Waals surface area contributed by atoms with Crippen molar-refractivity contribution in [3.8, 4) is 5.75 Å². The van der Waals surface area contributed by atoms with Crippen molar-refractivity contribution in [2.75, 3.05) is 26.3 Å². The zero-order valence-corrected chi connectivity index (χ0v) is 17.2. The maximum atomic E-state index is 12.9. The van der Waals surface area contributed by atoms with Gasteiger partial charge in [0.2, 0.25) is 0 Å². The molecule has 1 atom stereocenters. The molecule has 3 N–H and O–H groups in total. The molecule has 0 aromatic heterocycles. The quantitative estimate of drug-likeness (QED) is 0.329. The molecule has 0 aliphatic heterocycles. The van der Waals surface area contributed by atoms with Crippen molar-refractivity contribution >= 4 is 11.9 Å². The van der Waals surface area contributed by atoms with Crippen LogP contribution in [0.3, 0.4) is 0 Å². The topological polar surface area (TPSA) is 92.2 Å². The number of aliphatic hydroxyl groups is 1. The molecule has 8 heteroatoms. The summed E-state index contributed by atoms with van der Waals surface area (Å²) in [5.74, 6) is 0.680. The number of esters is 1. The summed E-state index contributed by atoms with van der Waals surface area (Å²) in [6.07, 6.45) is 2.54. The smallest absolute Gasteiger partial charge is 0.308 e. The summed E-state index contributed by atoms with van der Waals surface area (Å²) in [7, 11) is 0. The Morgan fingerprint density at radius 3 is 2.55 bits per heavy atom. The van der Waals surface area contributed by atoms with Gasteiger partial charge in [0, 0.05) is 12.6 Å². The molecule has 0 bridgehead atoms. The number of ether oxygens (including phenoxy) is 2. The second-order valence-corrected chi connectivity index (χ2v) is 7.08. The van der Waals surface area contributed by atoms with Crippen molar-refractivity contribution in [1.82, 2.24) is 10.6 Å². The first-order valence-corrected chi connectivity index (χ1v) is 10.3. The van der Waals surface area contributed by atoms with Gasteiger partial charge < -0.3 is 25.2 Å². The molecule has 1 fully saturated rings.